The van der Waals surface area contributed by atoms with Gasteiger partial charge in [-0.15, -0.1) is 0 Å². The molecule has 0 radical (unpaired) electrons. The van der Waals surface area contributed by atoms with Crippen LogP contribution in [0.4, 0.5) is 5.69 Å². The van der Waals surface area contributed by atoms with E-state index in [1.165, 1.54) is 17.0 Å². The van der Waals surface area contributed by atoms with Gasteiger partial charge in [0.1, 0.15) is 17.6 Å². The molecule has 1 saturated heterocycles. The summed E-state index contributed by atoms with van der Waals surface area (Å²) < 4.78 is 11.0. The molecule has 0 aliphatic carbocycles. The highest BCUT2D eigenvalue weighted by Crippen LogP contribution is 2.41. The van der Waals surface area contributed by atoms with Crippen LogP contribution in [0.5, 0.6) is 5.75 Å². The number of unbranched alkanes of at least 4 members (excludes halogenated alkanes) is 2. The molecule has 1 aliphatic heterocycles. The number of hydrogen-bond acceptors (Lipinski definition) is 7. The number of rotatable bonds is 10. The minimum absolute atomic E-state index is 0.0707. The van der Waals surface area contributed by atoms with Gasteiger partial charge >= 0.3 is 5.97 Å². The Balaban J connectivity index is 1.70. The third-order valence-electron chi connectivity index (χ3n) is 6.28. The molecule has 39 heavy (non-hydrogen) atoms. The lowest BCUT2D eigenvalue weighted by Crippen LogP contribution is -2.29. The summed E-state index contributed by atoms with van der Waals surface area (Å²) in [6.45, 7) is 6.23. The third-order valence-corrected chi connectivity index (χ3v) is 6.28. The zero-order chi connectivity index (χ0) is 27.9. The lowest BCUT2D eigenvalue weighted by Gasteiger charge is -2.24. The Labute approximate surface area is 227 Å². The molecule has 1 amide bonds. The number of aliphatic hydroxyl groups excluding tert-OH is 1. The summed E-state index contributed by atoms with van der Waals surface area (Å²) in [7, 11) is 0. The quantitative estimate of drug-likeness (QED) is 0.116. The zero-order valence-electron chi connectivity index (χ0n) is 22.3. The van der Waals surface area contributed by atoms with Crippen LogP contribution in [0.3, 0.4) is 0 Å². The van der Waals surface area contributed by atoms with E-state index in [1.807, 2.05) is 0 Å². The summed E-state index contributed by atoms with van der Waals surface area (Å²) >= 11 is 0. The van der Waals surface area contributed by atoms with Gasteiger partial charge in [-0.3, -0.25) is 19.5 Å². The highest BCUT2D eigenvalue weighted by Gasteiger charge is 2.47. The minimum Gasteiger partial charge on any atom is -0.507 e. The van der Waals surface area contributed by atoms with E-state index in [2.05, 4.69) is 11.9 Å². The summed E-state index contributed by atoms with van der Waals surface area (Å²) in [4.78, 5) is 44.6. The van der Waals surface area contributed by atoms with E-state index in [9.17, 15) is 19.5 Å². The maximum Gasteiger partial charge on any atom is 0.338 e. The third kappa shape index (κ3) is 6.17. The highest BCUT2D eigenvalue weighted by molar-refractivity contribution is 6.51. The van der Waals surface area contributed by atoms with E-state index >= 15 is 0 Å². The number of ketones is 1. The number of Topliss-reactive ketones (excluding diaryl/α,β-unsaturated/α-hetero) is 1. The van der Waals surface area contributed by atoms with E-state index in [4.69, 9.17) is 9.47 Å². The van der Waals surface area contributed by atoms with E-state index in [-0.39, 0.29) is 17.4 Å². The highest BCUT2D eigenvalue weighted by atomic mass is 16.5. The number of carbonyl (C=O) groups is 3. The molecule has 1 atom stereocenters. The smallest absolute Gasteiger partial charge is 0.338 e. The van der Waals surface area contributed by atoms with Crippen LogP contribution >= 0.6 is 0 Å². The molecule has 3 aromatic rings. The first kappa shape index (κ1) is 27.6. The molecule has 1 aromatic heterocycles. The van der Waals surface area contributed by atoms with Crippen LogP contribution in [0.25, 0.3) is 5.76 Å². The van der Waals surface area contributed by atoms with Gasteiger partial charge in [-0.25, -0.2) is 4.79 Å². The van der Waals surface area contributed by atoms with Crippen molar-refractivity contribution < 1.29 is 29.0 Å². The van der Waals surface area contributed by atoms with Gasteiger partial charge in [-0.2, -0.15) is 0 Å². The molecule has 1 unspecified atom stereocenters. The summed E-state index contributed by atoms with van der Waals surface area (Å²) in [6, 6.07) is 17.2. The number of ether oxygens (including phenoxy) is 2. The average molecular weight is 529 g/mol. The maximum atomic E-state index is 13.3. The molecule has 4 rings (SSSR count). The number of pyridine rings is 1. The minimum atomic E-state index is -0.968. The van der Waals surface area contributed by atoms with Gasteiger partial charge in [0.2, 0.25) is 0 Å². The van der Waals surface area contributed by atoms with Crippen LogP contribution in [-0.4, -0.2) is 40.5 Å². The van der Waals surface area contributed by atoms with Crippen LogP contribution in [0, 0.1) is 0 Å². The van der Waals surface area contributed by atoms with Crippen molar-refractivity contribution in [2.75, 3.05) is 11.5 Å². The van der Waals surface area contributed by atoms with Crippen LogP contribution in [0.15, 0.2) is 78.5 Å². The Hall–Kier alpha value is -4.46. The fourth-order valence-electron chi connectivity index (χ4n) is 4.36. The fraction of sp³-hybridized carbons (Fsp3) is 0.290. The van der Waals surface area contributed by atoms with Crippen molar-refractivity contribution in [1.82, 2.24) is 4.98 Å². The average Bonchev–Trinajstić information content (AvgIpc) is 3.21. The first-order valence-electron chi connectivity index (χ1n) is 13.1. The van der Waals surface area contributed by atoms with E-state index in [0.29, 0.717) is 34.9 Å². The SMILES string of the molecule is CCCCCOc1ccc(/C(O)=C2\C(=O)C(=O)N(c3ccc(C(=O)OC(C)C)cc3)C2c2ccccn2)cc1. The van der Waals surface area contributed by atoms with Gasteiger partial charge in [0.15, 0.2) is 0 Å². The van der Waals surface area contributed by atoms with Gasteiger partial charge in [-0.05, 0) is 80.9 Å². The molecule has 0 spiro atoms. The van der Waals surface area contributed by atoms with Gasteiger partial charge in [0, 0.05) is 17.4 Å². The zero-order valence-corrected chi connectivity index (χ0v) is 22.3. The number of hydrogen-bond donors (Lipinski definition) is 1. The van der Waals surface area contributed by atoms with Gasteiger partial charge in [-0.1, -0.05) is 25.8 Å². The van der Waals surface area contributed by atoms with Crippen LogP contribution in [0.1, 0.15) is 67.7 Å². The summed E-state index contributed by atoms with van der Waals surface area (Å²) in [6.07, 6.45) is 4.41. The Morgan fingerprint density at radius 1 is 0.974 bits per heavy atom. The normalized spacial score (nSPS) is 16.5. The van der Waals surface area contributed by atoms with Crippen LogP contribution in [-0.2, 0) is 14.3 Å². The fourth-order valence-corrected chi connectivity index (χ4v) is 4.36. The summed E-state index contributed by atoms with van der Waals surface area (Å²) in [5.74, 6) is -1.77. The van der Waals surface area contributed by atoms with E-state index in [1.54, 1.807) is 74.6 Å². The topological polar surface area (TPSA) is 106 Å². The predicted octanol–water partition coefficient (Wildman–Crippen LogP) is 5.84. The van der Waals surface area contributed by atoms with Crippen LogP contribution in [0.2, 0.25) is 0 Å². The number of nitrogens with zero attached hydrogens (tertiary/aromatic N) is 2. The molecule has 2 heterocycles. The van der Waals surface area contributed by atoms with Gasteiger partial charge in [0.05, 0.1) is 29.5 Å². The second-order valence-electron chi connectivity index (χ2n) is 9.50. The Morgan fingerprint density at radius 3 is 2.28 bits per heavy atom. The Morgan fingerprint density at radius 2 is 1.67 bits per heavy atom. The lowest BCUT2D eigenvalue weighted by atomic mass is 9.98. The van der Waals surface area contributed by atoms with Crippen molar-refractivity contribution in [1.29, 1.82) is 0 Å². The number of aliphatic hydroxyl groups is 1. The number of benzene rings is 2. The lowest BCUT2D eigenvalue weighted by molar-refractivity contribution is -0.132. The second-order valence-corrected chi connectivity index (χ2v) is 9.50. The molecule has 0 saturated carbocycles. The van der Waals surface area contributed by atoms with Crippen molar-refractivity contribution in [3.63, 3.8) is 0 Å². The van der Waals surface area contributed by atoms with Crippen LogP contribution < -0.4 is 9.64 Å². The molecule has 1 fully saturated rings. The Kier molecular flexibility index (Phi) is 8.76. The Bertz CT molecular complexity index is 1350. The van der Waals surface area contributed by atoms with Crippen molar-refractivity contribution in [3.05, 3.63) is 95.3 Å². The first-order chi connectivity index (χ1) is 18.8. The molecule has 8 heteroatoms. The molecule has 1 N–H and O–H groups in total. The molecule has 1 aliphatic rings. The molecule has 2 aromatic carbocycles. The summed E-state index contributed by atoms with van der Waals surface area (Å²) in [5, 5.41) is 11.3. The maximum absolute atomic E-state index is 13.3. The van der Waals surface area contributed by atoms with Gasteiger partial charge < -0.3 is 14.6 Å². The van der Waals surface area contributed by atoms with E-state index in [0.717, 1.165) is 19.3 Å². The monoisotopic (exact) mass is 528 g/mol. The van der Waals surface area contributed by atoms with Crippen molar-refractivity contribution in [2.45, 2.75) is 52.2 Å². The molecular formula is C31H32N2O6. The van der Waals surface area contributed by atoms with Crippen molar-refractivity contribution in [2.24, 2.45) is 0 Å². The number of aromatic nitrogens is 1. The largest absolute Gasteiger partial charge is 0.507 e. The number of anilines is 1. The number of amides is 1. The van der Waals surface area contributed by atoms with Crippen molar-refractivity contribution in [3.8, 4) is 5.75 Å². The number of carbonyl (C=O) groups excluding carboxylic acids is 3. The molecular weight excluding hydrogens is 496 g/mol. The predicted molar refractivity (Wildman–Crippen MR) is 147 cm³/mol. The molecule has 8 nitrogen and oxygen atoms in total. The van der Waals surface area contributed by atoms with Gasteiger partial charge in [0.25, 0.3) is 11.7 Å². The molecule has 0 bridgehead atoms. The first-order valence-corrected chi connectivity index (χ1v) is 13.1. The molecule has 202 valence electrons. The summed E-state index contributed by atoms with van der Waals surface area (Å²) in [5.41, 5.74) is 1.41. The second kappa shape index (κ2) is 12.4. The van der Waals surface area contributed by atoms with Crippen molar-refractivity contribution >= 4 is 29.1 Å². The number of esters is 1. The standard InChI is InChI=1S/C31H32N2O6/c1-4-5-8-19-38-24-16-12-21(13-17-24)28(34)26-27(25-9-6-7-18-32-25)33(30(36)29(26)35)23-14-10-22(11-15-23)31(37)39-20(2)3/h6-7,9-18,20,27,34H,4-5,8,19H2,1-3H3/b28-26+. The van der Waals surface area contributed by atoms with E-state index < -0.39 is 23.7 Å².